The minimum atomic E-state index is -0.105. The number of hydrogen-bond acceptors (Lipinski definition) is 5. The molecule has 1 amide bonds. The number of amides is 1. The van der Waals surface area contributed by atoms with Crippen LogP contribution in [-0.2, 0) is 11.3 Å². The molecule has 2 aromatic carbocycles. The van der Waals surface area contributed by atoms with E-state index < -0.39 is 0 Å². The van der Waals surface area contributed by atoms with E-state index in [2.05, 4.69) is 21.4 Å². The summed E-state index contributed by atoms with van der Waals surface area (Å²) in [4.78, 5) is 16.9. The van der Waals surface area contributed by atoms with Gasteiger partial charge in [0.1, 0.15) is 0 Å². The second-order valence-electron chi connectivity index (χ2n) is 5.69. The summed E-state index contributed by atoms with van der Waals surface area (Å²) in [5, 5.41) is 3.67. The number of carbonyl (C=O) groups is 1. The zero-order chi connectivity index (χ0) is 17.9. The maximum Gasteiger partial charge on any atom is 0.234 e. The molecule has 6 nitrogen and oxygen atoms in total. The van der Waals surface area contributed by atoms with Crippen LogP contribution < -0.4 is 14.8 Å². The molecule has 0 radical (unpaired) electrons. The van der Waals surface area contributed by atoms with Gasteiger partial charge in [0.2, 0.25) is 12.7 Å². The topological polar surface area (TPSA) is 65.4 Å². The zero-order valence-electron chi connectivity index (χ0n) is 14.0. The van der Waals surface area contributed by atoms with Gasteiger partial charge < -0.3 is 19.4 Å². The van der Waals surface area contributed by atoms with Crippen LogP contribution in [0.15, 0.2) is 60.3 Å². The summed E-state index contributed by atoms with van der Waals surface area (Å²) in [6, 6.07) is 13.3. The van der Waals surface area contributed by atoms with Gasteiger partial charge in [0, 0.05) is 18.3 Å². The smallest absolute Gasteiger partial charge is 0.234 e. The zero-order valence-corrected chi connectivity index (χ0v) is 14.8. The standard InChI is InChI=1S/C19H17N3O3S/c1-2-9-22-15-6-4-3-5-14(15)21-19(22)26-11-18(23)20-13-7-8-16-17(10-13)25-12-24-16/h2-8,10H,1,9,11-12H2,(H,20,23). The molecule has 3 aromatic rings. The molecule has 1 aliphatic rings. The van der Waals surface area contributed by atoms with Crippen molar-refractivity contribution in [3.8, 4) is 11.5 Å². The molecule has 1 aromatic heterocycles. The minimum Gasteiger partial charge on any atom is -0.454 e. The number of nitrogens with one attached hydrogen (secondary N) is 1. The number of hydrogen-bond donors (Lipinski definition) is 1. The Kier molecular flexibility index (Phi) is 4.53. The molecule has 1 N–H and O–H groups in total. The molecule has 2 heterocycles. The van der Waals surface area contributed by atoms with Crippen molar-refractivity contribution in [2.45, 2.75) is 11.7 Å². The Bertz CT molecular complexity index is 983. The third kappa shape index (κ3) is 3.25. The van der Waals surface area contributed by atoms with E-state index in [0.717, 1.165) is 16.2 Å². The number of carbonyl (C=O) groups excluding carboxylic acids is 1. The second-order valence-corrected chi connectivity index (χ2v) is 6.63. The van der Waals surface area contributed by atoms with Crippen LogP contribution in [0.2, 0.25) is 0 Å². The molecule has 0 unspecified atom stereocenters. The molecule has 0 bridgehead atoms. The van der Waals surface area contributed by atoms with Gasteiger partial charge in [-0.15, -0.1) is 6.58 Å². The Labute approximate surface area is 154 Å². The molecule has 0 fully saturated rings. The minimum absolute atomic E-state index is 0.105. The van der Waals surface area contributed by atoms with E-state index in [0.29, 0.717) is 23.7 Å². The molecular weight excluding hydrogens is 350 g/mol. The van der Waals surface area contributed by atoms with Crippen LogP contribution in [0, 0.1) is 0 Å². The lowest BCUT2D eigenvalue weighted by molar-refractivity contribution is -0.113. The lowest BCUT2D eigenvalue weighted by Crippen LogP contribution is -2.14. The number of aromatic nitrogens is 2. The van der Waals surface area contributed by atoms with E-state index in [4.69, 9.17) is 9.47 Å². The molecule has 0 spiro atoms. The first-order valence-corrected chi connectivity index (χ1v) is 9.11. The first-order valence-electron chi connectivity index (χ1n) is 8.13. The number of fused-ring (bicyclic) bond motifs is 2. The van der Waals surface area contributed by atoms with Crippen molar-refractivity contribution in [1.82, 2.24) is 9.55 Å². The van der Waals surface area contributed by atoms with Gasteiger partial charge in [-0.05, 0) is 24.3 Å². The fraction of sp³-hybridized carbons (Fsp3) is 0.158. The molecule has 4 rings (SSSR count). The average Bonchev–Trinajstić information content (AvgIpc) is 3.25. The van der Waals surface area contributed by atoms with E-state index >= 15 is 0 Å². The van der Waals surface area contributed by atoms with Crippen molar-refractivity contribution in [2.75, 3.05) is 17.9 Å². The lowest BCUT2D eigenvalue weighted by atomic mass is 10.3. The highest BCUT2D eigenvalue weighted by Crippen LogP contribution is 2.34. The summed E-state index contributed by atoms with van der Waals surface area (Å²) in [5.74, 6) is 1.49. The van der Waals surface area contributed by atoms with Crippen LogP contribution >= 0.6 is 11.8 Å². The molecule has 132 valence electrons. The van der Waals surface area contributed by atoms with Gasteiger partial charge in [-0.25, -0.2) is 4.98 Å². The van der Waals surface area contributed by atoms with E-state index in [1.807, 2.05) is 30.3 Å². The van der Waals surface area contributed by atoms with Gasteiger partial charge in [-0.1, -0.05) is 30.0 Å². The number of imidazole rings is 1. The van der Waals surface area contributed by atoms with E-state index in [9.17, 15) is 4.79 Å². The van der Waals surface area contributed by atoms with Gasteiger partial charge in [-0.3, -0.25) is 4.79 Å². The fourth-order valence-corrected chi connectivity index (χ4v) is 3.59. The highest BCUT2D eigenvalue weighted by molar-refractivity contribution is 7.99. The normalized spacial score (nSPS) is 12.3. The summed E-state index contributed by atoms with van der Waals surface area (Å²) in [6.45, 7) is 4.66. The number of para-hydroxylation sites is 2. The Morgan fingerprint density at radius 3 is 3.00 bits per heavy atom. The Morgan fingerprint density at radius 1 is 1.27 bits per heavy atom. The number of benzene rings is 2. The van der Waals surface area contributed by atoms with Crippen molar-refractivity contribution in [2.24, 2.45) is 0 Å². The molecule has 0 aliphatic carbocycles. The summed E-state index contributed by atoms with van der Waals surface area (Å²) in [6.07, 6.45) is 1.82. The Hall–Kier alpha value is -2.93. The van der Waals surface area contributed by atoms with Crippen molar-refractivity contribution >= 4 is 34.4 Å². The molecular formula is C19H17N3O3S. The van der Waals surface area contributed by atoms with E-state index in [-0.39, 0.29) is 18.5 Å². The molecule has 7 heteroatoms. The van der Waals surface area contributed by atoms with Crippen molar-refractivity contribution in [3.63, 3.8) is 0 Å². The van der Waals surface area contributed by atoms with E-state index in [1.54, 1.807) is 18.2 Å². The first kappa shape index (κ1) is 16.5. The Morgan fingerprint density at radius 2 is 2.12 bits per heavy atom. The maximum atomic E-state index is 12.3. The van der Waals surface area contributed by atoms with Crippen molar-refractivity contribution < 1.29 is 14.3 Å². The number of allylic oxidation sites excluding steroid dienone is 1. The van der Waals surface area contributed by atoms with Gasteiger partial charge in [0.15, 0.2) is 16.7 Å². The van der Waals surface area contributed by atoms with Crippen LogP contribution in [-0.4, -0.2) is 28.0 Å². The predicted molar refractivity (Wildman–Crippen MR) is 102 cm³/mol. The summed E-state index contributed by atoms with van der Waals surface area (Å²) in [7, 11) is 0. The van der Waals surface area contributed by atoms with Crippen LogP contribution in [0.4, 0.5) is 5.69 Å². The SMILES string of the molecule is C=CCn1c(SCC(=O)Nc2ccc3c(c2)OCO3)nc2ccccc21. The number of nitrogens with zero attached hydrogens (tertiary/aromatic N) is 2. The van der Waals surface area contributed by atoms with Crippen molar-refractivity contribution in [1.29, 1.82) is 0 Å². The van der Waals surface area contributed by atoms with Gasteiger partial charge in [0.05, 0.1) is 16.8 Å². The lowest BCUT2D eigenvalue weighted by Gasteiger charge is -2.07. The van der Waals surface area contributed by atoms with Crippen LogP contribution in [0.1, 0.15) is 0 Å². The molecule has 26 heavy (non-hydrogen) atoms. The second kappa shape index (κ2) is 7.13. The number of thioether (sulfide) groups is 1. The van der Waals surface area contributed by atoms with Crippen LogP contribution in [0.25, 0.3) is 11.0 Å². The quantitative estimate of drug-likeness (QED) is 0.532. The number of ether oxygens (including phenoxy) is 2. The van der Waals surface area contributed by atoms with Gasteiger partial charge in [0.25, 0.3) is 0 Å². The first-order chi connectivity index (χ1) is 12.7. The maximum absolute atomic E-state index is 12.3. The predicted octanol–water partition coefficient (Wildman–Crippen LogP) is 3.68. The monoisotopic (exact) mass is 367 g/mol. The largest absolute Gasteiger partial charge is 0.454 e. The number of rotatable bonds is 6. The molecule has 1 aliphatic heterocycles. The molecule has 0 atom stereocenters. The molecule has 0 saturated carbocycles. The average molecular weight is 367 g/mol. The van der Waals surface area contributed by atoms with Crippen molar-refractivity contribution in [3.05, 3.63) is 55.1 Å². The van der Waals surface area contributed by atoms with Gasteiger partial charge >= 0.3 is 0 Å². The summed E-state index contributed by atoms with van der Waals surface area (Å²) >= 11 is 1.40. The number of anilines is 1. The Balaban J connectivity index is 1.45. The fourth-order valence-electron chi connectivity index (χ4n) is 2.77. The highest BCUT2D eigenvalue weighted by Gasteiger charge is 2.15. The van der Waals surface area contributed by atoms with Crippen LogP contribution in [0.5, 0.6) is 11.5 Å². The molecule has 0 saturated heterocycles. The van der Waals surface area contributed by atoms with Crippen LogP contribution in [0.3, 0.4) is 0 Å². The van der Waals surface area contributed by atoms with Gasteiger partial charge in [-0.2, -0.15) is 0 Å². The third-order valence-corrected chi connectivity index (χ3v) is 4.90. The summed E-state index contributed by atoms with van der Waals surface area (Å²) < 4.78 is 12.7. The summed E-state index contributed by atoms with van der Waals surface area (Å²) in [5.41, 5.74) is 2.62. The highest BCUT2D eigenvalue weighted by atomic mass is 32.2. The third-order valence-electron chi connectivity index (χ3n) is 3.92. The van der Waals surface area contributed by atoms with E-state index in [1.165, 1.54) is 11.8 Å².